The Hall–Kier alpha value is -4.49. The van der Waals surface area contributed by atoms with E-state index in [1.807, 2.05) is 0 Å². The molecule has 0 unspecified atom stereocenters. The molecule has 0 aliphatic rings. The Morgan fingerprint density at radius 3 is 2.78 bits per heavy atom. The molecule has 0 saturated heterocycles. The van der Waals surface area contributed by atoms with E-state index in [1.165, 1.54) is 36.0 Å². The first-order valence-electron chi connectivity index (χ1n) is 10.5. The van der Waals surface area contributed by atoms with Crippen LogP contribution in [0.3, 0.4) is 0 Å². The fraction of sp³-hybridized carbons (Fsp3) is 0.182. The second kappa shape index (κ2) is 10.4. The number of anilines is 1. The van der Waals surface area contributed by atoms with Gasteiger partial charge in [0.2, 0.25) is 5.95 Å². The monoisotopic (exact) mass is 513 g/mol. The Morgan fingerprint density at radius 2 is 2.06 bits per heavy atom. The number of imidazole rings is 1. The number of aliphatic hydroxyl groups is 1. The van der Waals surface area contributed by atoms with Gasteiger partial charge in [-0.2, -0.15) is 10.1 Å². The van der Waals surface area contributed by atoms with Crippen LogP contribution in [0.1, 0.15) is 5.56 Å². The van der Waals surface area contributed by atoms with Crippen molar-refractivity contribution in [1.29, 1.82) is 0 Å². The maximum absolute atomic E-state index is 12.6. The number of nitrogens with zero attached hydrogens (tertiary/aromatic N) is 5. The number of nitro benzene ring substituents is 1. The molecule has 14 heteroatoms. The number of halogens is 1. The van der Waals surface area contributed by atoms with Gasteiger partial charge in [0.25, 0.3) is 11.2 Å². The Bertz CT molecular complexity index is 1560. The molecule has 0 radical (unpaired) electrons. The topological polar surface area (TPSA) is 170 Å². The lowest BCUT2D eigenvalue weighted by atomic mass is 10.2. The van der Waals surface area contributed by atoms with Gasteiger partial charge >= 0.3 is 5.69 Å². The smallest absolute Gasteiger partial charge is 0.329 e. The minimum Gasteiger partial charge on any atom is -0.491 e. The van der Waals surface area contributed by atoms with E-state index in [1.54, 1.807) is 30.3 Å². The van der Waals surface area contributed by atoms with E-state index in [0.717, 1.165) is 4.57 Å². The van der Waals surface area contributed by atoms with Crippen LogP contribution in [0.25, 0.3) is 11.2 Å². The molecule has 3 N–H and O–H groups in total. The van der Waals surface area contributed by atoms with Gasteiger partial charge in [0.15, 0.2) is 11.2 Å². The highest BCUT2D eigenvalue weighted by Gasteiger charge is 2.20. The third kappa shape index (κ3) is 5.42. The SMILES string of the molecule is Cn1c(=O)[nH]c(=O)c2c1nc(N/N=C/c1cccc([N+](=O)[O-])c1)n2C[C@H](O)COc1ccc(Cl)cc1. The van der Waals surface area contributed by atoms with Crippen molar-refractivity contribution in [2.24, 2.45) is 12.1 Å². The minimum absolute atomic E-state index is 0.0377. The summed E-state index contributed by atoms with van der Waals surface area (Å²) in [4.78, 5) is 41.6. The fourth-order valence-electron chi connectivity index (χ4n) is 3.37. The van der Waals surface area contributed by atoms with Crippen molar-refractivity contribution in [2.75, 3.05) is 12.0 Å². The number of non-ortho nitro benzene ring substituents is 1. The molecule has 1 atom stereocenters. The number of aryl methyl sites for hydroxylation is 1. The van der Waals surface area contributed by atoms with E-state index >= 15 is 0 Å². The van der Waals surface area contributed by atoms with Crippen molar-refractivity contribution in [3.8, 4) is 5.75 Å². The molecular weight excluding hydrogens is 494 g/mol. The standard InChI is InChI=1S/C22H20ClN7O6/c1-28-19-18(20(32)26-22(28)33)29(11-16(31)12-36-17-7-5-14(23)6-8-17)21(25-19)27-24-10-13-3-2-4-15(9-13)30(34)35/h2-10,16,31H,11-12H2,1H3,(H,25,27)(H,26,32,33)/b24-10+/t16-/m0/s1. The number of hydrazone groups is 1. The number of benzene rings is 2. The van der Waals surface area contributed by atoms with Crippen LogP contribution < -0.4 is 21.4 Å². The number of nitrogens with one attached hydrogen (secondary N) is 2. The van der Waals surface area contributed by atoms with Crippen molar-refractivity contribution in [3.05, 3.63) is 90.1 Å². The first kappa shape index (κ1) is 24.6. The third-order valence-corrected chi connectivity index (χ3v) is 5.37. The molecule has 2 aromatic heterocycles. The number of ether oxygens (including phenoxy) is 1. The molecule has 186 valence electrons. The van der Waals surface area contributed by atoms with Gasteiger partial charge in [0, 0.05) is 29.8 Å². The lowest BCUT2D eigenvalue weighted by Gasteiger charge is -2.15. The van der Waals surface area contributed by atoms with E-state index in [4.69, 9.17) is 16.3 Å². The third-order valence-electron chi connectivity index (χ3n) is 5.12. The molecule has 36 heavy (non-hydrogen) atoms. The Kier molecular flexibility index (Phi) is 7.12. The molecule has 4 rings (SSSR count). The van der Waals surface area contributed by atoms with E-state index < -0.39 is 22.3 Å². The fourth-order valence-corrected chi connectivity index (χ4v) is 3.49. The summed E-state index contributed by atoms with van der Waals surface area (Å²) in [6.07, 6.45) is 0.260. The summed E-state index contributed by atoms with van der Waals surface area (Å²) in [5.74, 6) is 0.554. The lowest BCUT2D eigenvalue weighted by molar-refractivity contribution is -0.384. The summed E-state index contributed by atoms with van der Waals surface area (Å²) in [5.41, 5.74) is 1.78. The molecule has 0 bridgehead atoms. The van der Waals surface area contributed by atoms with Crippen LogP contribution in [-0.2, 0) is 13.6 Å². The highest BCUT2D eigenvalue weighted by atomic mass is 35.5. The van der Waals surface area contributed by atoms with Crippen molar-refractivity contribution in [3.63, 3.8) is 0 Å². The second-order valence-corrected chi connectivity index (χ2v) is 8.11. The summed E-state index contributed by atoms with van der Waals surface area (Å²) in [6.45, 7) is -0.235. The number of H-pyrrole nitrogens is 1. The van der Waals surface area contributed by atoms with Crippen LogP contribution in [0, 0.1) is 10.1 Å². The maximum Gasteiger partial charge on any atom is 0.329 e. The van der Waals surface area contributed by atoms with Crippen LogP contribution in [0.4, 0.5) is 11.6 Å². The number of hydrogen-bond donors (Lipinski definition) is 3. The highest BCUT2D eigenvalue weighted by Crippen LogP contribution is 2.18. The zero-order valence-corrected chi connectivity index (χ0v) is 19.5. The van der Waals surface area contributed by atoms with E-state index in [9.17, 15) is 24.8 Å². The summed E-state index contributed by atoms with van der Waals surface area (Å²) in [5, 5.41) is 26.2. The Morgan fingerprint density at radius 1 is 1.31 bits per heavy atom. The Labute approximate surface area is 207 Å². The number of aliphatic hydroxyl groups excluding tert-OH is 1. The van der Waals surface area contributed by atoms with Gasteiger partial charge in [0.1, 0.15) is 18.5 Å². The average molecular weight is 514 g/mol. The van der Waals surface area contributed by atoms with Gasteiger partial charge in [-0.1, -0.05) is 23.7 Å². The highest BCUT2D eigenvalue weighted by molar-refractivity contribution is 6.30. The summed E-state index contributed by atoms with van der Waals surface area (Å²) in [7, 11) is 1.44. The molecule has 0 amide bonds. The van der Waals surface area contributed by atoms with E-state index in [0.29, 0.717) is 16.3 Å². The average Bonchev–Trinajstić information content (AvgIpc) is 3.21. The number of rotatable bonds is 9. The number of fused-ring (bicyclic) bond motifs is 1. The van der Waals surface area contributed by atoms with Crippen LogP contribution in [0.2, 0.25) is 5.02 Å². The van der Waals surface area contributed by atoms with Crippen molar-refractivity contribution in [1.82, 2.24) is 19.1 Å². The van der Waals surface area contributed by atoms with Crippen molar-refractivity contribution in [2.45, 2.75) is 12.6 Å². The van der Waals surface area contributed by atoms with Gasteiger partial charge < -0.3 is 14.4 Å². The molecular formula is C22H20ClN7O6. The summed E-state index contributed by atoms with van der Waals surface area (Å²) < 4.78 is 8.10. The molecule has 4 aromatic rings. The van der Waals surface area contributed by atoms with Gasteiger partial charge in [0.05, 0.1) is 17.7 Å². The molecule has 0 aliphatic carbocycles. The van der Waals surface area contributed by atoms with Crippen LogP contribution in [0.15, 0.2) is 63.2 Å². The zero-order chi connectivity index (χ0) is 25.8. The quantitative estimate of drug-likeness (QED) is 0.173. The van der Waals surface area contributed by atoms with Gasteiger partial charge in [-0.25, -0.2) is 10.2 Å². The number of aromatic nitrogens is 4. The van der Waals surface area contributed by atoms with E-state index in [2.05, 4.69) is 20.5 Å². The summed E-state index contributed by atoms with van der Waals surface area (Å²) >= 11 is 5.86. The second-order valence-electron chi connectivity index (χ2n) is 7.68. The Balaban J connectivity index is 1.61. The van der Waals surface area contributed by atoms with Gasteiger partial charge in [-0.15, -0.1) is 0 Å². The zero-order valence-electron chi connectivity index (χ0n) is 18.8. The van der Waals surface area contributed by atoms with E-state index in [-0.39, 0.29) is 36.0 Å². The van der Waals surface area contributed by atoms with Crippen molar-refractivity contribution < 1.29 is 14.8 Å². The minimum atomic E-state index is -1.07. The van der Waals surface area contributed by atoms with Gasteiger partial charge in [-0.05, 0) is 24.3 Å². The number of aromatic amines is 1. The molecule has 0 spiro atoms. The first-order chi connectivity index (χ1) is 17.2. The molecule has 0 fully saturated rings. The predicted molar refractivity (Wildman–Crippen MR) is 133 cm³/mol. The molecule has 13 nitrogen and oxygen atoms in total. The predicted octanol–water partition coefficient (Wildman–Crippen LogP) is 1.87. The largest absolute Gasteiger partial charge is 0.491 e. The van der Waals surface area contributed by atoms with Crippen LogP contribution in [0.5, 0.6) is 5.75 Å². The molecule has 0 saturated carbocycles. The normalized spacial score (nSPS) is 12.2. The number of hydrogen-bond acceptors (Lipinski definition) is 9. The lowest BCUT2D eigenvalue weighted by Crippen LogP contribution is -2.30. The van der Waals surface area contributed by atoms with Crippen LogP contribution in [-0.4, -0.2) is 48.1 Å². The first-order valence-corrected chi connectivity index (χ1v) is 10.9. The van der Waals surface area contributed by atoms with Gasteiger partial charge in [-0.3, -0.25) is 24.5 Å². The summed E-state index contributed by atoms with van der Waals surface area (Å²) in [6, 6.07) is 12.4. The molecule has 0 aliphatic heterocycles. The molecule has 2 heterocycles. The number of nitro groups is 1. The maximum atomic E-state index is 12.6. The van der Waals surface area contributed by atoms with Crippen molar-refractivity contribution >= 4 is 40.6 Å². The van der Waals surface area contributed by atoms with Crippen LogP contribution >= 0.6 is 11.6 Å². The molecule has 2 aromatic carbocycles.